The van der Waals surface area contributed by atoms with Gasteiger partial charge in [0.15, 0.2) is 0 Å². The molecule has 0 saturated heterocycles. The van der Waals surface area contributed by atoms with Crippen LogP contribution in [-0.4, -0.2) is 13.2 Å². The molecular weight excluding hydrogens is 289 g/mol. The summed E-state index contributed by atoms with van der Waals surface area (Å²) in [6.07, 6.45) is 0. The first-order valence-corrected chi connectivity index (χ1v) is 7.24. The molecule has 0 saturated carbocycles. The molecule has 4 heteroatoms. The zero-order valence-corrected chi connectivity index (χ0v) is 13.2. The van der Waals surface area contributed by atoms with Gasteiger partial charge in [-0.3, -0.25) is 0 Å². The number of hydrogen-bond donors (Lipinski definition) is 1. The van der Waals surface area contributed by atoms with Gasteiger partial charge in [0.25, 0.3) is 0 Å². The number of methoxy groups -OCH3 is 1. The molecule has 21 heavy (non-hydrogen) atoms. The van der Waals surface area contributed by atoms with E-state index < -0.39 is 0 Å². The highest BCUT2D eigenvalue weighted by Crippen LogP contribution is 2.33. The van der Waals surface area contributed by atoms with Gasteiger partial charge in [-0.1, -0.05) is 31.5 Å². The van der Waals surface area contributed by atoms with Gasteiger partial charge in [0.1, 0.15) is 11.6 Å². The minimum atomic E-state index is -0.215. The summed E-state index contributed by atoms with van der Waals surface area (Å²) in [6.45, 7) is 4.55. The molecular formula is C17H19ClFNO. The molecule has 0 aliphatic rings. The highest BCUT2D eigenvalue weighted by atomic mass is 35.5. The molecule has 2 aromatic carbocycles. The van der Waals surface area contributed by atoms with Crippen molar-refractivity contribution in [1.82, 2.24) is 5.32 Å². The minimum absolute atomic E-state index is 0.215. The monoisotopic (exact) mass is 307 g/mol. The van der Waals surface area contributed by atoms with Crippen LogP contribution in [0.25, 0.3) is 11.1 Å². The Morgan fingerprint density at radius 1 is 1.19 bits per heavy atom. The summed E-state index contributed by atoms with van der Waals surface area (Å²) in [5.74, 6) is 0.502. The van der Waals surface area contributed by atoms with Crippen molar-refractivity contribution in [3.63, 3.8) is 0 Å². The lowest BCUT2D eigenvalue weighted by molar-refractivity contribution is 0.416. The molecule has 112 valence electrons. The predicted octanol–water partition coefficient (Wildman–Crippen LogP) is 4.65. The van der Waals surface area contributed by atoms with E-state index in [4.69, 9.17) is 16.3 Å². The van der Waals surface area contributed by atoms with Crippen molar-refractivity contribution in [2.45, 2.75) is 26.4 Å². The SMILES string of the molecule is COc1ccc(Cl)cc1-c1ccc(F)c(CNC(C)C)c1. The quantitative estimate of drug-likeness (QED) is 0.868. The molecule has 0 aromatic heterocycles. The summed E-state index contributed by atoms with van der Waals surface area (Å²) in [7, 11) is 1.61. The fourth-order valence-electron chi connectivity index (χ4n) is 2.10. The average Bonchev–Trinajstić information content (AvgIpc) is 2.46. The third-order valence-corrected chi connectivity index (χ3v) is 3.45. The Bertz CT molecular complexity index is 628. The third kappa shape index (κ3) is 3.96. The van der Waals surface area contributed by atoms with Crippen LogP contribution in [0.5, 0.6) is 5.75 Å². The lowest BCUT2D eigenvalue weighted by Gasteiger charge is -2.13. The fourth-order valence-corrected chi connectivity index (χ4v) is 2.27. The van der Waals surface area contributed by atoms with E-state index in [1.54, 1.807) is 19.2 Å². The van der Waals surface area contributed by atoms with Crippen LogP contribution in [-0.2, 0) is 6.54 Å². The molecule has 2 nitrogen and oxygen atoms in total. The van der Waals surface area contributed by atoms with Crippen molar-refractivity contribution in [2.75, 3.05) is 7.11 Å². The Balaban J connectivity index is 2.40. The standard InChI is InChI=1S/C17H19ClFNO/c1-11(2)20-10-13-8-12(4-6-16(13)19)15-9-14(18)5-7-17(15)21-3/h4-9,11,20H,10H2,1-3H3. The number of halogens is 2. The summed E-state index contributed by atoms with van der Waals surface area (Å²) < 4.78 is 19.3. The molecule has 0 aliphatic heterocycles. The fraction of sp³-hybridized carbons (Fsp3) is 0.294. The average molecular weight is 308 g/mol. The van der Waals surface area contributed by atoms with Gasteiger partial charge in [0.2, 0.25) is 0 Å². The van der Waals surface area contributed by atoms with Crippen molar-refractivity contribution in [2.24, 2.45) is 0 Å². The van der Waals surface area contributed by atoms with E-state index in [2.05, 4.69) is 5.32 Å². The lowest BCUT2D eigenvalue weighted by atomic mass is 10.0. The van der Waals surface area contributed by atoms with E-state index in [1.807, 2.05) is 32.0 Å². The maximum atomic E-state index is 13.9. The molecule has 2 rings (SSSR count). The van der Waals surface area contributed by atoms with E-state index in [1.165, 1.54) is 6.07 Å². The molecule has 0 atom stereocenters. The van der Waals surface area contributed by atoms with Gasteiger partial charge in [0.05, 0.1) is 7.11 Å². The number of nitrogens with one attached hydrogen (secondary N) is 1. The molecule has 0 unspecified atom stereocenters. The molecule has 0 fully saturated rings. The molecule has 0 heterocycles. The van der Waals surface area contributed by atoms with E-state index in [9.17, 15) is 4.39 Å². The second kappa shape index (κ2) is 6.92. The summed E-state index contributed by atoms with van der Waals surface area (Å²) in [6, 6.07) is 10.8. The number of rotatable bonds is 5. The lowest BCUT2D eigenvalue weighted by Crippen LogP contribution is -2.22. The molecule has 0 spiro atoms. The van der Waals surface area contributed by atoms with Crippen LogP contribution >= 0.6 is 11.6 Å². The topological polar surface area (TPSA) is 21.3 Å². The largest absolute Gasteiger partial charge is 0.496 e. The Morgan fingerprint density at radius 2 is 1.95 bits per heavy atom. The normalized spacial score (nSPS) is 11.0. The first-order chi connectivity index (χ1) is 10.0. The molecule has 0 bridgehead atoms. The summed E-state index contributed by atoms with van der Waals surface area (Å²) in [4.78, 5) is 0. The van der Waals surface area contributed by atoms with E-state index >= 15 is 0 Å². The van der Waals surface area contributed by atoms with Crippen LogP contribution in [0, 0.1) is 5.82 Å². The summed E-state index contributed by atoms with van der Waals surface area (Å²) in [5, 5.41) is 3.85. The van der Waals surface area contributed by atoms with Crippen molar-refractivity contribution < 1.29 is 9.13 Å². The highest BCUT2D eigenvalue weighted by molar-refractivity contribution is 6.31. The highest BCUT2D eigenvalue weighted by Gasteiger charge is 2.10. The van der Waals surface area contributed by atoms with E-state index in [-0.39, 0.29) is 5.82 Å². The van der Waals surface area contributed by atoms with Gasteiger partial charge in [-0.15, -0.1) is 0 Å². The maximum absolute atomic E-state index is 13.9. The van der Waals surface area contributed by atoms with Gasteiger partial charge < -0.3 is 10.1 Å². The third-order valence-electron chi connectivity index (χ3n) is 3.22. The van der Waals surface area contributed by atoms with Gasteiger partial charge in [-0.25, -0.2) is 4.39 Å². The first-order valence-electron chi connectivity index (χ1n) is 6.87. The van der Waals surface area contributed by atoms with Gasteiger partial charge >= 0.3 is 0 Å². The van der Waals surface area contributed by atoms with Crippen molar-refractivity contribution >= 4 is 11.6 Å². The Kier molecular flexibility index (Phi) is 5.21. The van der Waals surface area contributed by atoms with Crippen molar-refractivity contribution in [3.8, 4) is 16.9 Å². The first kappa shape index (κ1) is 15.8. The summed E-state index contributed by atoms with van der Waals surface area (Å²) >= 11 is 6.06. The van der Waals surface area contributed by atoms with E-state index in [0.29, 0.717) is 28.9 Å². The molecule has 0 aliphatic carbocycles. The zero-order valence-electron chi connectivity index (χ0n) is 12.4. The zero-order chi connectivity index (χ0) is 15.4. The van der Waals surface area contributed by atoms with Crippen LogP contribution in [0.1, 0.15) is 19.4 Å². The maximum Gasteiger partial charge on any atom is 0.127 e. The second-order valence-corrected chi connectivity index (χ2v) is 5.62. The van der Waals surface area contributed by atoms with Crippen molar-refractivity contribution in [1.29, 1.82) is 0 Å². The van der Waals surface area contributed by atoms with Gasteiger partial charge in [-0.05, 0) is 35.9 Å². The number of ether oxygens (including phenoxy) is 1. The van der Waals surface area contributed by atoms with Crippen LogP contribution in [0.3, 0.4) is 0 Å². The Labute approximate surface area is 129 Å². The Morgan fingerprint density at radius 3 is 2.62 bits per heavy atom. The molecule has 0 radical (unpaired) electrons. The van der Waals surface area contributed by atoms with Crippen LogP contribution in [0.2, 0.25) is 5.02 Å². The molecule has 0 amide bonds. The Hall–Kier alpha value is -1.58. The van der Waals surface area contributed by atoms with Crippen LogP contribution in [0.4, 0.5) is 4.39 Å². The second-order valence-electron chi connectivity index (χ2n) is 5.19. The van der Waals surface area contributed by atoms with Crippen molar-refractivity contribution in [3.05, 3.63) is 52.8 Å². The number of hydrogen-bond acceptors (Lipinski definition) is 2. The predicted molar refractivity (Wildman–Crippen MR) is 85.4 cm³/mol. The van der Waals surface area contributed by atoms with Crippen LogP contribution < -0.4 is 10.1 Å². The summed E-state index contributed by atoms with van der Waals surface area (Å²) in [5.41, 5.74) is 2.37. The van der Waals surface area contributed by atoms with E-state index in [0.717, 1.165) is 11.1 Å². The minimum Gasteiger partial charge on any atom is -0.496 e. The molecule has 2 aromatic rings. The number of benzene rings is 2. The molecule has 1 N–H and O–H groups in total. The van der Waals surface area contributed by atoms with Gasteiger partial charge in [-0.2, -0.15) is 0 Å². The van der Waals surface area contributed by atoms with Crippen LogP contribution in [0.15, 0.2) is 36.4 Å². The van der Waals surface area contributed by atoms with Gasteiger partial charge in [0, 0.05) is 28.7 Å². The smallest absolute Gasteiger partial charge is 0.127 e.